The lowest BCUT2D eigenvalue weighted by Crippen LogP contribution is -2.29. The van der Waals surface area contributed by atoms with E-state index in [-0.39, 0.29) is 18.0 Å². The van der Waals surface area contributed by atoms with E-state index in [4.69, 9.17) is 5.10 Å². The predicted molar refractivity (Wildman–Crippen MR) is 124 cm³/mol. The number of hydrogen-bond donors (Lipinski definition) is 1. The number of carbonyl (C=O) groups excluding carboxylic acids is 1. The van der Waals surface area contributed by atoms with Gasteiger partial charge in [0.15, 0.2) is 0 Å². The van der Waals surface area contributed by atoms with Gasteiger partial charge in [0.05, 0.1) is 11.4 Å². The van der Waals surface area contributed by atoms with E-state index in [0.29, 0.717) is 12.1 Å². The van der Waals surface area contributed by atoms with Crippen LogP contribution >= 0.6 is 0 Å². The second-order valence-electron chi connectivity index (χ2n) is 7.84. The van der Waals surface area contributed by atoms with Crippen LogP contribution in [0.4, 0.5) is 5.69 Å². The van der Waals surface area contributed by atoms with Gasteiger partial charge in [-0.25, -0.2) is 4.68 Å². The fourth-order valence-electron chi connectivity index (χ4n) is 3.89. The molecule has 1 amide bonds. The van der Waals surface area contributed by atoms with Crippen molar-refractivity contribution in [3.63, 3.8) is 0 Å². The number of fused-ring (bicyclic) bond motifs is 1. The summed E-state index contributed by atoms with van der Waals surface area (Å²) in [4.78, 5) is 25.9. The summed E-state index contributed by atoms with van der Waals surface area (Å²) >= 11 is 0. The molecule has 0 aliphatic rings. The lowest BCUT2D eigenvalue weighted by molar-refractivity contribution is -0.116. The van der Waals surface area contributed by atoms with Gasteiger partial charge in [0.1, 0.15) is 12.2 Å². The number of para-hydroxylation sites is 1. The highest BCUT2D eigenvalue weighted by atomic mass is 16.2. The third-order valence-corrected chi connectivity index (χ3v) is 5.56. The Balaban J connectivity index is 1.85. The van der Waals surface area contributed by atoms with Gasteiger partial charge in [0.2, 0.25) is 5.91 Å². The summed E-state index contributed by atoms with van der Waals surface area (Å²) < 4.78 is 3.29. The zero-order chi connectivity index (χ0) is 22.1. The van der Waals surface area contributed by atoms with Crippen LogP contribution in [0, 0.1) is 20.8 Å². The van der Waals surface area contributed by atoms with Crippen molar-refractivity contribution in [3.05, 3.63) is 87.3 Å². The quantitative estimate of drug-likeness (QED) is 0.529. The summed E-state index contributed by atoms with van der Waals surface area (Å²) in [7, 11) is 0. The number of rotatable bonds is 5. The summed E-state index contributed by atoms with van der Waals surface area (Å²) in [6.07, 6.45) is 0.711. The fraction of sp³-hybridized carbons (Fsp3) is 0.240. The number of benzene rings is 2. The zero-order valence-corrected chi connectivity index (χ0v) is 18.3. The third-order valence-electron chi connectivity index (χ3n) is 5.56. The highest BCUT2D eigenvalue weighted by Crippen LogP contribution is 2.25. The first-order chi connectivity index (χ1) is 14.9. The van der Waals surface area contributed by atoms with E-state index >= 15 is 0 Å². The molecule has 0 unspecified atom stereocenters. The average molecular weight is 415 g/mol. The van der Waals surface area contributed by atoms with Gasteiger partial charge < -0.3 is 5.32 Å². The molecule has 4 aromatic rings. The van der Waals surface area contributed by atoms with Crippen molar-refractivity contribution in [2.45, 2.75) is 40.7 Å². The summed E-state index contributed by atoms with van der Waals surface area (Å²) in [5.74, 6) is -0.253. The molecule has 0 bridgehead atoms. The largest absolute Gasteiger partial charge is 0.324 e. The number of nitrogens with one attached hydrogen (secondary N) is 1. The number of anilines is 1. The Morgan fingerprint density at radius 3 is 2.42 bits per heavy atom. The molecule has 4 rings (SSSR count). The Labute approximate surface area is 181 Å². The number of pyridine rings is 1. The molecule has 2 heterocycles. The first kappa shape index (κ1) is 20.6. The maximum Gasteiger partial charge on any atom is 0.252 e. The zero-order valence-electron chi connectivity index (χ0n) is 18.3. The van der Waals surface area contributed by atoms with E-state index in [9.17, 15) is 9.59 Å². The molecule has 2 aromatic carbocycles. The maximum absolute atomic E-state index is 13.1. The summed E-state index contributed by atoms with van der Waals surface area (Å²) in [6, 6.07) is 17.2. The molecule has 0 fully saturated rings. The molecule has 0 aliphatic heterocycles. The number of aryl methyl sites for hydroxylation is 4. The molecular weight excluding hydrogens is 388 g/mol. The number of aromatic nitrogens is 3. The Hall–Kier alpha value is -3.67. The van der Waals surface area contributed by atoms with Crippen LogP contribution in [0.1, 0.15) is 29.3 Å². The molecular formula is C25H26N4O2. The second kappa shape index (κ2) is 8.22. The minimum absolute atomic E-state index is 0.0926. The van der Waals surface area contributed by atoms with Crippen molar-refractivity contribution in [1.29, 1.82) is 0 Å². The molecule has 1 N–H and O–H groups in total. The van der Waals surface area contributed by atoms with E-state index in [0.717, 1.165) is 39.1 Å². The van der Waals surface area contributed by atoms with E-state index in [2.05, 4.69) is 5.32 Å². The Kier molecular flexibility index (Phi) is 5.46. The third kappa shape index (κ3) is 3.89. The van der Waals surface area contributed by atoms with E-state index in [1.807, 2.05) is 76.2 Å². The van der Waals surface area contributed by atoms with Gasteiger partial charge in [-0.3, -0.25) is 14.2 Å². The van der Waals surface area contributed by atoms with Gasteiger partial charge in [-0.2, -0.15) is 5.10 Å². The van der Waals surface area contributed by atoms with Crippen LogP contribution in [0.25, 0.3) is 16.7 Å². The Morgan fingerprint density at radius 1 is 1.03 bits per heavy atom. The first-order valence-electron chi connectivity index (χ1n) is 10.4. The molecule has 31 heavy (non-hydrogen) atoms. The van der Waals surface area contributed by atoms with Gasteiger partial charge in [-0.1, -0.05) is 42.8 Å². The molecule has 0 atom stereocenters. The van der Waals surface area contributed by atoms with Crippen LogP contribution in [-0.2, 0) is 17.8 Å². The molecule has 2 aromatic heterocycles. The van der Waals surface area contributed by atoms with Gasteiger partial charge in [0, 0.05) is 17.1 Å². The monoisotopic (exact) mass is 414 g/mol. The Bertz CT molecular complexity index is 1330. The van der Waals surface area contributed by atoms with Crippen molar-refractivity contribution in [3.8, 4) is 5.69 Å². The lowest BCUT2D eigenvalue weighted by Gasteiger charge is -2.14. The van der Waals surface area contributed by atoms with Crippen LogP contribution in [0.2, 0.25) is 0 Å². The van der Waals surface area contributed by atoms with Crippen molar-refractivity contribution in [2.75, 3.05) is 5.32 Å². The molecule has 6 heteroatoms. The number of hydrogen-bond acceptors (Lipinski definition) is 3. The molecule has 0 saturated carbocycles. The SMILES string of the molecule is CCc1cc(=O)n(CC(=O)Nc2ccccc2C)c2c1c(C)nn2-c1ccc(C)cc1. The first-order valence-corrected chi connectivity index (χ1v) is 10.4. The van der Waals surface area contributed by atoms with Crippen LogP contribution in [0.5, 0.6) is 0 Å². The number of nitrogens with zero attached hydrogens (tertiary/aromatic N) is 3. The number of carbonyl (C=O) groups is 1. The van der Waals surface area contributed by atoms with Crippen LogP contribution in [0.3, 0.4) is 0 Å². The van der Waals surface area contributed by atoms with Gasteiger partial charge in [-0.05, 0) is 56.5 Å². The molecule has 6 nitrogen and oxygen atoms in total. The average Bonchev–Trinajstić information content (AvgIpc) is 3.09. The van der Waals surface area contributed by atoms with E-state index < -0.39 is 0 Å². The van der Waals surface area contributed by atoms with E-state index in [1.54, 1.807) is 10.7 Å². The predicted octanol–water partition coefficient (Wildman–Crippen LogP) is 4.31. The standard InChI is InChI=1S/C25H26N4O2/c1-5-19-14-23(31)28(15-22(30)26-21-9-7-6-8-17(21)3)25-24(19)18(4)27-29(25)20-12-10-16(2)11-13-20/h6-14H,5,15H2,1-4H3,(H,26,30). The highest BCUT2D eigenvalue weighted by Gasteiger charge is 2.19. The Morgan fingerprint density at radius 2 is 1.74 bits per heavy atom. The maximum atomic E-state index is 13.1. The normalized spacial score (nSPS) is 11.1. The minimum atomic E-state index is -0.253. The van der Waals surface area contributed by atoms with Gasteiger partial charge >= 0.3 is 0 Å². The van der Waals surface area contributed by atoms with Crippen LogP contribution in [0.15, 0.2) is 59.4 Å². The highest BCUT2D eigenvalue weighted by molar-refractivity contribution is 5.93. The minimum Gasteiger partial charge on any atom is -0.324 e. The van der Waals surface area contributed by atoms with Crippen LogP contribution in [-0.4, -0.2) is 20.3 Å². The topological polar surface area (TPSA) is 68.9 Å². The summed E-state index contributed by atoms with van der Waals surface area (Å²) in [5.41, 5.74) is 5.90. The summed E-state index contributed by atoms with van der Waals surface area (Å²) in [6.45, 7) is 7.83. The fourth-order valence-corrected chi connectivity index (χ4v) is 3.89. The van der Waals surface area contributed by atoms with Gasteiger partial charge in [-0.15, -0.1) is 0 Å². The smallest absolute Gasteiger partial charge is 0.252 e. The molecule has 0 aliphatic carbocycles. The molecule has 0 spiro atoms. The lowest BCUT2D eigenvalue weighted by atomic mass is 10.1. The van der Waals surface area contributed by atoms with Crippen molar-refractivity contribution >= 4 is 22.6 Å². The number of amides is 1. The van der Waals surface area contributed by atoms with Crippen molar-refractivity contribution in [1.82, 2.24) is 14.3 Å². The molecule has 0 radical (unpaired) electrons. The van der Waals surface area contributed by atoms with Crippen molar-refractivity contribution in [2.24, 2.45) is 0 Å². The van der Waals surface area contributed by atoms with Gasteiger partial charge in [0.25, 0.3) is 5.56 Å². The molecule has 158 valence electrons. The van der Waals surface area contributed by atoms with Crippen LogP contribution < -0.4 is 10.9 Å². The van der Waals surface area contributed by atoms with E-state index in [1.165, 1.54) is 4.57 Å². The molecule has 0 saturated heterocycles. The van der Waals surface area contributed by atoms with Crippen molar-refractivity contribution < 1.29 is 4.79 Å². The second-order valence-corrected chi connectivity index (χ2v) is 7.84. The summed E-state index contributed by atoms with van der Waals surface area (Å²) in [5, 5.41) is 8.58.